The minimum absolute atomic E-state index is 0.00999. The third-order valence-electron chi connectivity index (χ3n) is 5.13. The molecule has 4 rings (SSSR count). The van der Waals surface area contributed by atoms with Crippen LogP contribution in [0.25, 0.3) is 0 Å². The summed E-state index contributed by atoms with van der Waals surface area (Å²) in [5, 5.41) is 11.8. The third-order valence-corrected chi connectivity index (χ3v) is 6.21. The number of carbonyl (C=O) groups excluding carboxylic acids is 2. The summed E-state index contributed by atoms with van der Waals surface area (Å²) in [6, 6.07) is 11.4. The second-order valence-corrected chi connectivity index (χ2v) is 8.40. The number of likely N-dealkylation sites (tertiary alicyclic amines) is 1. The van der Waals surface area contributed by atoms with Crippen LogP contribution in [0, 0.1) is 11.6 Å². The van der Waals surface area contributed by atoms with E-state index in [1.807, 2.05) is 0 Å². The van der Waals surface area contributed by atoms with E-state index >= 15 is 0 Å². The van der Waals surface area contributed by atoms with Crippen molar-refractivity contribution in [3.8, 4) is 0 Å². The highest BCUT2D eigenvalue weighted by atomic mass is 32.1. The zero-order valence-electron chi connectivity index (χ0n) is 16.6. The summed E-state index contributed by atoms with van der Waals surface area (Å²) in [5.41, 5.74) is 1.24. The van der Waals surface area contributed by atoms with Crippen LogP contribution in [-0.2, 0) is 11.2 Å². The molecule has 1 saturated heterocycles. The molecule has 1 N–H and O–H groups in total. The van der Waals surface area contributed by atoms with Gasteiger partial charge in [0.2, 0.25) is 10.9 Å². The lowest BCUT2D eigenvalue weighted by atomic mass is 9.98. The standard InChI is InChI=1S/C22H20F2N4O2S/c23-16-5-3-14(4-6-16)12-19(29)28-11-1-2-15(13-28)21-26-27-22(31-21)20(30)25-18-9-7-17(24)8-10-18/h3-10,15H,1-2,11-13H2,(H,25,30)/t15-/m0/s1. The normalized spacial score (nSPS) is 16.2. The van der Waals surface area contributed by atoms with Gasteiger partial charge in [-0.1, -0.05) is 23.5 Å². The maximum Gasteiger partial charge on any atom is 0.286 e. The van der Waals surface area contributed by atoms with Crippen LogP contribution in [0.2, 0.25) is 0 Å². The molecular formula is C22H20F2N4O2S. The van der Waals surface area contributed by atoms with E-state index in [0.717, 1.165) is 18.4 Å². The van der Waals surface area contributed by atoms with Crippen LogP contribution in [0.15, 0.2) is 48.5 Å². The molecule has 3 aromatic rings. The molecule has 1 aliphatic rings. The molecule has 0 spiro atoms. The molecule has 2 amide bonds. The minimum Gasteiger partial charge on any atom is -0.342 e. The van der Waals surface area contributed by atoms with E-state index in [0.29, 0.717) is 23.8 Å². The van der Waals surface area contributed by atoms with Gasteiger partial charge >= 0.3 is 0 Å². The number of nitrogens with zero attached hydrogens (tertiary/aromatic N) is 3. The van der Waals surface area contributed by atoms with E-state index < -0.39 is 5.91 Å². The average molecular weight is 442 g/mol. The maximum atomic E-state index is 13.1. The third kappa shape index (κ3) is 5.29. The van der Waals surface area contributed by atoms with Crippen molar-refractivity contribution in [2.45, 2.75) is 25.2 Å². The second kappa shape index (κ2) is 9.30. The maximum absolute atomic E-state index is 13.1. The zero-order chi connectivity index (χ0) is 21.8. The highest BCUT2D eigenvalue weighted by molar-refractivity contribution is 7.13. The summed E-state index contributed by atoms with van der Waals surface area (Å²) in [6.45, 7) is 1.17. The smallest absolute Gasteiger partial charge is 0.286 e. The van der Waals surface area contributed by atoms with E-state index in [1.54, 1.807) is 17.0 Å². The highest BCUT2D eigenvalue weighted by Crippen LogP contribution is 2.29. The Labute approximate surface area is 181 Å². The molecule has 9 heteroatoms. The van der Waals surface area contributed by atoms with Crippen molar-refractivity contribution in [2.24, 2.45) is 0 Å². The lowest BCUT2D eigenvalue weighted by molar-refractivity contribution is -0.131. The fraction of sp³-hybridized carbons (Fsp3) is 0.273. The van der Waals surface area contributed by atoms with E-state index in [4.69, 9.17) is 0 Å². The molecule has 1 aliphatic heterocycles. The Morgan fingerprint density at radius 3 is 2.42 bits per heavy atom. The van der Waals surface area contributed by atoms with E-state index in [1.165, 1.54) is 47.7 Å². The van der Waals surface area contributed by atoms with Crippen molar-refractivity contribution < 1.29 is 18.4 Å². The summed E-state index contributed by atoms with van der Waals surface area (Å²) in [6.07, 6.45) is 1.90. The van der Waals surface area contributed by atoms with Crippen LogP contribution in [0.5, 0.6) is 0 Å². The fourth-order valence-electron chi connectivity index (χ4n) is 3.50. The second-order valence-electron chi connectivity index (χ2n) is 7.39. The van der Waals surface area contributed by atoms with Crippen LogP contribution in [-0.4, -0.2) is 40.0 Å². The minimum atomic E-state index is -0.407. The predicted molar refractivity (Wildman–Crippen MR) is 113 cm³/mol. The number of hydrogen-bond donors (Lipinski definition) is 1. The number of anilines is 1. The van der Waals surface area contributed by atoms with E-state index in [9.17, 15) is 18.4 Å². The molecule has 0 aliphatic carbocycles. The first-order valence-corrected chi connectivity index (χ1v) is 10.7. The Morgan fingerprint density at radius 1 is 1.03 bits per heavy atom. The Hall–Kier alpha value is -3.20. The SMILES string of the molecule is O=C(Nc1ccc(F)cc1)c1nnc([C@H]2CCCN(C(=O)Cc3ccc(F)cc3)C2)s1. The van der Waals surface area contributed by atoms with Gasteiger partial charge in [-0.15, -0.1) is 10.2 Å². The Bertz CT molecular complexity index is 1070. The fourth-order valence-corrected chi connectivity index (χ4v) is 4.37. The van der Waals surface area contributed by atoms with Gasteiger partial charge < -0.3 is 10.2 Å². The summed E-state index contributed by atoms with van der Waals surface area (Å²) < 4.78 is 26.1. The van der Waals surface area contributed by atoms with Crippen molar-refractivity contribution in [1.29, 1.82) is 0 Å². The lowest BCUT2D eigenvalue weighted by Crippen LogP contribution is -2.39. The van der Waals surface area contributed by atoms with Gasteiger partial charge in [-0.2, -0.15) is 0 Å². The molecule has 0 bridgehead atoms. The van der Waals surface area contributed by atoms with E-state index in [-0.39, 0.29) is 34.9 Å². The molecule has 1 aromatic heterocycles. The van der Waals surface area contributed by atoms with Gasteiger partial charge in [0.05, 0.1) is 6.42 Å². The predicted octanol–water partition coefficient (Wildman–Crippen LogP) is 4.02. The van der Waals surface area contributed by atoms with Gasteiger partial charge in [-0.25, -0.2) is 8.78 Å². The summed E-state index contributed by atoms with van der Waals surface area (Å²) in [7, 11) is 0. The highest BCUT2D eigenvalue weighted by Gasteiger charge is 2.28. The number of rotatable bonds is 5. The first kappa shape index (κ1) is 21.0. The lowest BCUT2D eigenvalue weighted by Gasteiger charge is -2.31. The van der Waals surface area contributed by atoms with Gasteiger partial charge in [-0.3, -0.25) is 9.59 Å². The first-order chi connectivity index (χ1) is 15.0. The Morgan fingerprint density at radius 2 is 1.71 bits per heavy atom. The van der Waals surface area contributed by atoms with Crippen molar-refractivity contribution in [2.75, 3.05) is 18.4 Å². The van der Waals surface area contributed by atoms with Gasteiger partial charge in [-0.05, 0) is 54.8 Å². The number of hydrogen-bond acceptors (Lipinski definition) is 5. The molecule has 2 heterocycles. The summed E-state index contributed by atoms with van der Waals surface area (Å²) in [5.74, 6) is -1.13. The van der Waals surface area contributed by atoms with Gasteiger partial charge in [0.15, 0.2) is 0 Å². The first-order valence-electron chi connectivity index (χ1n) is 9.90. The topological polar surface area (TPSA) is 75.2 Å². The van der Waals surface area contributed by atoms with Crippen molar-refractivity contribution >= 4 is 28.8 Å². The van der Waals surface area contributed by atoms with Crippen molar-refractivity contribution in [3.05, 3.63) is 75.7 Å². The van der Waals surface area contributed by atoms with Crippen LogP contribution < -0.4 is 5.32 Å². The van der Waals surface area contributed by atoms with Crippen molar-refractivity contribution in [1.82, 2.24) is 15.1 Å². The molecule has 31 heavy (non-hydrogen) atoms. The summed E-state index contributed by atoms with van der Waals surface area (Å²) in [4.78, 5) is 26.9. The number of nitrogens with one attached hydrogen (secondary N) is 1. The molecule has 0 unspecified atom stereocenters. The Balaban J connectivity index is 1.37. The van der Waals surface area contributed by atoms with E-state index in [2.05, 4.69) is 15.5 Å². The number of halogens is 2. The number of piperidine rings is 1. The molecule has 0 radical (unpaired) electrons. The Kier molecular flexibility index (Phi) is 6.31. The molecule has 2 aromatic carbocycles. The van der Waals surface area contributed by atoms with Crippen LogP contribution in [0.3, 0.4) is 0 Å². The van der Waals surface area contributed by atoms with Crippen LogP contribution in [0.1, 0.15) is 39.1 Å². The molecule has 0 saturated carbocycles. The monoisotopic (exact) mass is 442 g/mol. The molecule has 1 fully saturated rings. The quantitative estimate of drug-likeness (QED) is 0.648. The molecule has 6 nitrogen and oxygen atoms in total. The van der Waals surface area contributed by atoms with Crippen molar-refractivity contribution in [3.63, 3.8) is 0 Å². The number of benzene rings is 2. The number of amides is 2. The number of aromatic nitrogens is 2. The molecule has 160 valence electrons. The van der Waals surface area contributed by atoms with Crippen LogP contribution >= 0.6 is 11.3 Å². The zero-order valence-corrected chi connectivity index (χ0v) is 17.4. The van der Waals surface area contributed by atoms with Gasteiger partial charge in [0.25, 0.3) is 5.91 Å². The van der Waals surface area contributed by atoms with Gasteiger partial charge in [0.1, 0.15) is 16.6 Å². The van der Waals surface area contributed by atoms with Crippen LogP contribution in [0.4, 0.5) is 14.5 Å². The molecule has 1 atom stereocenters. The largest absolute Gasteiger partial charge is 0.342 e. The average Bonchev–Trinajstić information content (AvgIpc) is 3.28. The van der Waals surface area contributed by atoms with Gasteiger partial charge in [0, 0.05) is 24.7 Å². The molecular weight excluding hydrogens is 422 g/mol. The summed E-state index contributed by atoms with van der Waals surface area (Å²) >= 11 is 1.20. The number of carbonyl (C=O) groups is 2.